The van der Waals surface area contributed by atoms with E-state index in [9.17, 15) is 4.79 Å². The minimum absolute atomic E-state index is 0.209. The number of rotatable bonds is 8. The van der Waals surface area contributed by atoms with E-state index in [2.05, 4.69) is 4.98 Å². The Morgan fingerprint density at radius 1 is 0.939 bits per heavy atom. The van der Waals surface area contributed by atoms with Crippen molar-refractivity contribution in [3.63, 3.8) is 0 Å². The van der Waals surface area contributed by atoms with Gasteiger partial charge in [-0.05, 0) is 48.6 Å². The lowest BCUT2D eigenvalue weighted by Gasteiger charge is -2.13. The van der Waals surface area contributed by atoms with Crippen LogP contribution >= 0.6 is 0 Å². The van der Waals surface area contributed by atoms with Gasteiger partial charge in [-0.25, -0.2) is 4.68 Å². The van der Waals surface area contributed by atoms with Crippen LogP contribution in [0.1, 0.15) is 15.9 Å². The van der Waals surface area contributed by atoms with Crippen molar-refractivity contribution in [3.8, 4) is 34.2 Å². The van der Waals surface area contributed by atoms with Crippen molar-refractivity contribution in [1.82, 2.24) is 14.8 Å². The maximum absolute atomic E-state index is 13.0. The first-order chi connectivity index (χ1) is 16.1. The maximum atomic E-state index is 13.0. The number of ether oxygens (including phenoxy) is 3. The molecule has 7 heteroatoms. The molecule has 0 aliphatic heterocycles. The number of nitrogens with zero attached hydrogens (tertiary/aromatic N) is 3. The van der Waals surface area contributed by atoms with Crippen LogP contribution in [-0.2, 0) is 0 Å². The minimum Gasteiger partial charge on any atom is -0.493 e. The molecule has 0 amide bonds. The third-order valence-electron chi connectivity index (χ3n) is 5.06. The normalized spacial score (nSPS) is 10.9. The minimum atomic E-state index is -0.209. The lowest BCUT2D eigenvalue weighted by Crippen LogP contribution is -2.00. The Morgan fingerprint density at radius 2 is 1.67 bits per heavy atom. The molecule has 0 aliphatic rings. The fourth-order valence-electron chi connectivity index (χ4n) is 3.43. The van der Waals surface area contributed by atoms with Crippen LogP contribution in [0.2, 0.25) is 0 Å². The number of allylic oxidation sites excluding steroid dienone is 1. The summed E-state index contributed by atoms with van der Waals surface area (Å²) in [6.07, 6.45) is 8.60. The Labute approximate surface area is 191 Å². The van der Waals surface area contributed by atoms with Gasteiger partial charge in [-0.3, -0.25) is 9.78 Å². The van der Waals surface area contributed by atoms with E-state index in [0.717, 1.165) is 22.5 Å². The highest BCUT2D eigenvalue weighted by molar-refractivity contribution is 6.07. The van der Waals surface area contributed by atoms with Crippen LogP contribution in [0.25, 0.3) is 23.0 Å². The van der Waals surface area contributed by atoms with E-state index in [1.165, 1.54) is 27.4 Å². The number of hydrogen-bond acceptors (Lipinski definition) is 6. The van der Waals surface area contributed by atoms with Crippen molar-refractivity contribution in [3.05, 3.63) is 90.4 Å². The van der Waals surface area contributed by atoms with Crippen molar-refractivity contribution in [2.75, 3.05) is 21.3 Å². The standard InChI is InChI=1S/C26H23N3O4/c1-31-23-14-20(15-24(32-2)26(23)33-3)22(30)12-11-19-17-29(21-9-5-4-6-10-21)28-25(19)18-8-7-13-27-16-18/h4-17H,1-3H3/b12-11+. The van der Waals surface area contributed by atoms with Crippen molar-refractivity contribution < 1.29 is 19.0 Å². The van der Waals surface area contributed by atoms with E-state index in [1.807, 2.05) is 48.7 Å². The van der Waals surface area contributed by atoms with E-state index in [4.69, 9.17) is 19.3 Å². The molecule has 0 atom stereocenters. The monoisotopic (exact) mass is 441 g/mol. The molecule has 2 aromatic carbocycles. The quantitative estimate of drug-likeness (QED) is 0.287. The molecule has 4 aromatic rings. The summed E-state index contributed by atoms with van der Waals surface area (Å²) in [6, 6.07) is 16.8. The Hall–Kier alpha value is -4.39. The zero-order valence-corrected chi connectivity index (χ0v) is 18.6. The smallest absolute Gasteiger partial charge is 0.203 e. The summed E-state index contributed by atoms with van der Waals surface area (Å²) in [5.74, 6) is 1.06. The molecule has 166 valence electrons. The molecular weight excluding hydrogens is 418 g/mol. The third kappa shape index (κ3) is 4.62. The van der Waals surface area contributed by atoms with E-state index < -0.39 is 0 Å². The summed E-state index contributed by atoms with van der Waals surface area (Å²) < 4.78 is 17.8. The number of ketones is 1. The lowest BCUT2D eigenvalue weighted by molar-refractivity contribution is 0.104. The second-order valence-electron chi connectivity index (χ2n) is 7.07. The van der Waals surface area contributed by atoms with Gasteiger partial charge in [0.1, 0.15) is 5.69 Å². The van der Waals surface area contributed by atoms with Gasteiger partial charge in [0.05, 0.1) is 27.0 Å². The largest absolute Gasteiger partial charge is 0.493 e. The Kier molecular flexibility index (Phi) is 6.50. The first kappa shape index (κ1) is 21.8. The number of aromatic nitrogens is 3. The fourth-order valence-corrected chi connectivity index (χ4v) is 3.43. The second-order valence-corrected chi connectivity index (χ2v) is 7.07. The van der Waals surface area contributed by atoms with Crippen LogP contribution in [0, 0.1) is 0 Å². The topological polar surface area (TPSA) is 75.5 Å². The summed E-state index contributed by atoms with van der Waals surface area (Å²) >= 11 is 0. The molecular formula is C26H23N3O4. The molecule has 0 spiro atoms. The molecule has 0 N–H and O–H groups in total. The number of carbonyl (C=O) groups excluding carboxylic acids is 1. The number of pyridine rings is 1. The summed E-state index contributed by atoms with van der Waals surface area (Å²) in [5.41, 5.74) is 3.69. The summed E-state index contributed by atoms with van der Waals surface area (Å²) in [4.78, 5) is 17.2. The molecule has 2 aromatic heterocycles. The SMILES string of the molecule is COc1cc(C(=O)/C=C/c2cn(-c3ccccc3)nc2-c2cccnc2)cc(OC)c1OC. The van der Waals surface area contributed by atoms with E-state index in [-0.39, 0.29) is 5.78 Å². The van der Waals surface area contributed by atoms with Crippen LogP contribution < -0.4 is 14.2 Å². The van der Waals surface area contributed by atoms with Gasteiger partial charge in [0, 0.05) is 35.3 Å². The van der Waals surface area contributed by atoms with Crippen LogP contribution in [0.4, 0.5) is 0 Å². The van der Waals surface area contributed by atoms with Gasteiger partial charge in [0.2, 0.25) is 5.75 Å². The second kappa shape index (κ2) is 9.82. The molecule has 2 heterocycles. The molecule has 0 saturated carbocycles. The van der Waals surface area contributed by atoms with Gasteiger partial charge >= 0.3 is 0 Å². The zero-order valence-electron chi connectivity index (χ0n) is 18.6. The number of carbonyl (C=O) groups is 1. The highest BCUT2D eigenvalue weighted by Gasteiger charge is 2.16. The van der Waals surface area contributed by atoms with Gasteiger partial charge in [0.25, 0.3) is 0 Å². The molecule has 0 radical (unpaired) electrons. The van der Waals surface area contributed by atoms with Crippen molar-refractivity contribution in [2.45, 2.75) is 0 Å². The molecule has 0 fully saturated rings. The predicted molar refractivity (Wildman–Crippen MR) is 126 cm³/mol. The van der Waals surface area contributed by atoms with E-state index in [0.29, 0.717) is 22.8 Å². The first-order valence-electron chi connectivity index (χ1n) is 10.2. The Balaban J connectivity index is 1.72. The zero-order chi connectivity index (χ0) is 23.2. The Morgan fingerprint density at radius 3 is 2.27 bits per heavy atom. The van der Waals surface area contributed by atoms with E-state index in [1.54, 1.807) is 35.3 Å². The molecule has 0 unspecified atom stereocenters. The van der Waals surface area contributed by atoms with Crippen molar-refractivity contribution >= 4 is 11.9 Å². The van der Waals surface area contributed by atoms with Gasteiger partial charge in [-0.1, -0.05) is 18.2 Å². The average molecular weight is 441 g/mol. The highest BCUT2D eigenvalue weighted by atomic mass is 16.5. The number of methoxy groups -OCH3 is 3. The van der Waals surface area contributed by atoms with Gasteiger partial charge < -0.3 is 14.2 Å². The van der Waals surface area contributed by atoms with Gasteiger partial charge in [-0.15, -0.1) is 0 Å². The van der Waals surface area contributed by atoms with Gasteiger partial charge in [-0.2, -0.15) is 5.10 Å². The van der Waals surface area contributed by atoms with E-state index >= 15 is 0 Å². The maximum Gasteiger partial charge on any atom is 0.203 e. The summed E-state index contributed by atoms with van der Waals surface area (Å²) in [5, 5.41) is 4.74. The predicted octanol–water partition coefficient (Wildman–Crippen LogP) is 4.86. The molecule has 0 aliphatic carbocycles. The number of hydrogen-bond donors (Lipinski definition) is 0. The van der Waals surface area contributed by atoms with Crippen molar-refractivity contribution in [2.24, 2.45) is 0 Å². The molecule has 7 nitrogen and oxygen atoms in total. The molecule has 0 saturated heterocycles. The van der Waals surface area contributed by atoms with Crippen molar-refractivity contribution in [1.29, 1.82) is 0 Å². The summed E-state index contributed by atoms with van der Waals surface area (Å²) in [7, 11) is 4.55. The van der Waals surface area contributed by atoms with Gasteiger partial charge in [0.15, 0.2) is 17.3 Å². The third-order valence-corrected chi connectivity index (χ3v) is 5.06. The average Bonchev–Trinajstić information content (AvgIpc) is 3.31. The van der Waals surface area contributed by atoms with Crippen LogP contribution in [0.15, 0.2) is 79.3 Å². The lowest BCUT2D eigenvalue weighted by atomic mass is 10.1. The molecule has 33 heavy (non-hydrogen) atoms. The van der Waals surface area contributed by atoms with Crippen LogP contribution in [0.3, 0.4) is 0 Å². The fraction of sp³-hybridized carbons (Fsp3) is 0.115. The van der Waals surface area contributed by atoms with Crippen LogP contribution in [0.5, 0.6) is 17.2 Å². The number of benzene rings is 2. The Bertz CT molecular complexity index is 1260. The van der Waals surface area contributed by atoms with Crippen LogP contribution in [-0.4, -0.2) is 41.9 Å². The highest BCUT2D eigenvalue weighted by Crippen LogP contribution is 2.38. The molecule has 4 rings (SSSR count). The molecule has 0 bridgehead atoms. The first-order valence-corrected chi connectivity index (χ1v) is 10.2. The number of para-hydroxylation sites is 1. The summed E-state index contributed by atoms with van der Waals surface area (Å²) in [6.45, 7) is 0.